The molecule has 21 heavy (non-hydrogen) atoms. The van der Waals surface area contributed by atoms with Gasteiger partial charge in [-0.3, -0.25) is 14.9 Å². The highest BCUT2D eigenvalue weighted by atomic mass is 79.9. The van der Waals surface area contributed by atoms with Crippen molar-refractivity contribution in [1.82, 2.24) is 5.43 Å². The summed E-state index contributed by atoms with van der Waals surface area (Å²) < 4.78 is 0.863. The van der Waals surface area contributed by atoms with E-state index in [1.807, 2.05) is 0 Å². The molecule has 0 unspecified atom stereocenters. The summed E-state index contributed by atoms with van der Waals surface area (Å²) in [6.45, 7) is 0. The number of nitrogens with zero attached hydrogens (tertiary/aromatic N) is 2. The summed E-state index contributed by atoms with van der Waals surface area (Å²) in [4.78, 5) is 22.1. The highest BCUT2D eigenvalue weighted by molar-refractivity contribution is 9.10. The van der Waals surface area contributed by atoms with Gasteiger partial charge in [-0.05, 0) is 30.3 Å². The first-order valence-corrected chi connectivity index (χ1v) is 6.69. The third kappa shape index (κ3) is 3.96. The monoisotopic (exact) mass is 347 g/mol. The molecule has 0 aliphatic rings. The maximum Gasteiger partial charge on any atom is 0.278 e. The zero-order valence-corrected chi connectivity index (χ0v) is 12.3. The van der Waals surface area contributed by atoms with Gasteiger partial charge >= 0.3 is 0 Å². The van der Waals surface area contributed by atoms with E-state index >= 15 is 0 Å². The van der Waals surface area contributed by atoms with Crippen LogP contribution in [0, 0.1) is 10.1 Å². The highest BCUT2D eigenvalue weighted by Crippen LogP contribution is 2.15. The van der Waals surface area contributed by atoms with Crippen molar-refractivity contribution < 1.29 is 9.72 Å². The second-order valence-electron chi connectivity index (χ2n) is 4.02. The van der Waals surface area contributed by atoms with Gasteiger partial charge in [0.05, 0.1) is 16.7 Å². The standard InChI is InChI=1S/C14H10BrN3O3/c15-12-7-5-10(6-8-12)14(19)17-16-9-11-3-1-2-4-13(11)18(20)21/h1-9H,(H,17,19)/b16-9+. The summed E-state index contributed by atoms with van der Waals surface area (Å²) in [5, 5.41) is 14.6. The number of hydrogen-bond donors (Lipinski definition) is 1. The van der Waals surface area contributed by atoms with Crippen LogP contribution in [0.15, 0.2) is 58.1 Å². The highest BCUT2D eigenvalue weighted by Gasteiger charge is 2.10. The van der Waals surface area contributed by atoms with Crippen molar-refractivity contribution in [3.8, 4) is 0 Å². The van der Waals surface area contributed by atoms with Gasteiger partial charge in [0.1, 0.15) is 0 Å². The van der Waals surface area contributed by atoms with E-state index in [-0.39, 0.29) is 5.69 Å². The zero-order chi connectivity index (χ0) is 15.2. The Balaban J connectivity index is 2.07. The lowest BCUT2D eigenvalue weighted by molar-refractivity contribution is -0.385. The molecule has 0 radical (unpaired) electrons. The molecule has 7 heteroatoms. The number of hydrazone groups is 1. The van der Waals surface area contributed by atoms with Crippen LogP contribution in [0.4, 0.5) is 5.69 Å². The molecule has 1 N–H and O–H groups in total. The maximum atomic E-state index is 11.8. The smallest absolute Gasteiger partial charge is 0.267 e. The molecule has 0 bridgehead atoms. The molecule has 2 aromatic carbocycles. The average Bonchev–Trinajstić information content (AvgIpc) is 2.48. The topological polar surface area (TPSA) is 84.6 Å². The van der Waals surface area contributed by atoms with E-state index in [0.717, 1.165) is 4.47 Å². The predicted octanol–water partition coefficient (Wildman–Crippen LogP) is 3.12. The summed E-state index contributed by atoms with van der Waals surface area (Å²) in [6, 6.07) is 12.9. The van der Waals surface area contributed by atoms with E-state index < -0.39 is 10.8 Å². The molecule has 0 atom stereocenters. The predicted molar refractivity (Wildman–Crippen MR) is 82.3 cm³/mol. The van der Waals surface area contributed by atoms with Crippen LogP contribution in [0.3, 0.4) is 0 Å². The van der Waals surface area contributed by atoms with Crippen LogP contribution < -0.4 is 5.43 Å². The minimum absolute atomic E-state index is 0.0702. The summed E-state index contributed by atoms with van der Waals surface area (Å²) >= 11 is 3.27. The summed E-state index contributed by atoms with van der Waals surface area (Å²) in [5.41, 5.74) is 3.02. The molecule has 0 saturated carbocycles. The summed E-state index contributed by atoms with van der Waals surface area (Å²) in [6.07, 6.45) is 1.24. The Morgan fingerprint density at radius 1 is 1.19 bits per heavy atom. The van der Waals surface area contributed by atoms with E-state index in [0.29, 0.717) is 11.1 Å². The van der Waals surface area contributed by atoms with E-state index in [4.69, 9.17) is 0 Å². The van der Waals surface area contributed by atoms with Crippen LogP contribution in [0.2, 0.25) is 0 Å². The second-order valence-corrected chi connectivity index (χ2v) is 4.94. The number of nitro benzene ring substituents is 1. The van der Waals surface area contributed by atoms with Gasteiger partial charge in [0, 0.05) is 16.1 Å². The number of benzene rings is 2. The van der Waals surface area contributed by atoms with Gasteiger partial charge in [0.25, 0.3) is 11.6 Å². The fourth-order valence-corrected chi connectivity index (χ4v) is 1.85. The van der Waals surface area contributed by atoms with E-state index in [9.17, 15) is 14.9 Å². The van der Waals surface area contributed by atoms with Crippen LogP contribution in [0.25, 0.3) is 0 Å². The van der Waals surface area contributed by atoms with Crippen LogP contribution >= 0.6 is 15.9 Å². The van der Waals surface area contributed by atoms with E-state index in [1.54, 1.807) is 42.5 Å². The second kappa shape index (κ2) is 6.76. The molecule has 106 valence electrons. The molecule has 0 spiro atoms. The number of hydrogen-bond acceptors (Lipinski definition) is 4. The van der Waals surface area contributed by atoms with Crippen molar-refractivity contribution in [1.29, 1.82) is 0 Å². The lowest BCUT2D eigenvalue weighted by atomic mass is 10.2. The van der Waals surface area contributed by atoms with Crippen molar-refractivity contribution in [3.05, 3.63) is 74.2 Å². The van der Waals surface area contributed by atoms with Crippen molar-refractivity contribution in [2.45, 2.75) is 0 Å². The Kier molecular flexibility index (Phi) is 4.78. The lowest BCUT2D eigenvalue weighted by Gasteiger charge is -2.00. The van der Waals surface area contributed by atoms with Gasteiger partial charge in [0.2, 0.25) is 0 Å². The largest absolute Gasteiger partial charge is 0.278 e. The van der Waals surface area contributed by atoms with Gasteiger partial charge in [-0.25, -0.2) is 5.43 Å². The van der Waals surface area contributed by atoms with Gasteiger partial charge < -0.3 is 0 Å². The van der Waals surface area contributed by atoms with Crippen LogP contribution in [-0.2, 0) is 0 Å². The minimum atomic E-state index is -0.502. The first kappa shape index (κ1) is 14.9. The van der Waals surface area contributed by atoms with Gasteiger partial charge in [-0.15, -0.1) is 0 Å². The molecule has 0 heterocycles. The lowest BCUT2D eigenvalue weighted by Crippen LogP contribution is -2.17. The fourth-order valence-electron chi connectivity index (χ4n) is 1.59. The number of carbonyl (C=O) groups excluding carboxylic acids is 1. The molecular formula is C14H10BrN3O3. The van der Waals surface area contributed by atoms with Crippen molar-refractivity contribution in [3.63, 3.8) is 0 Å². The van der Waals surface area contributed by atoms with E-state index in [1.165, 1.54) is 12.3 Å². The Hall–Kier alpha value is -2.54. The molecule has 0 saturated heterocycles. The van der Waals surface area contributed by atoms with Crippen LogP contribution in [0.5, 0.6) is 0 Å². The van der Waals surface area contributed by atoms with Crippen LogP contribution in [0.1, 0.15) is 15.9 Å². The number of carbonyl (C=O) groups is 1. The van der Waals surface area contributed by atoms with Crippen LogP contribution in [-0.4, -0.2) is 17.0 Å². The van der Waals surface area contributed by atoms with Gasteiger partial charge in [0.15, 0.2) is 0 Å². The molecule has 0 fully saturated rings. The Bertz CT molecular complexity index is 699. The fraction of sp³-hybridized carbons (Fsp3) is 0. The van der Waals surface area contributed by atoms with E-state index in [2.05, 4.69) is 26.5 Å². The molecular weight excluding hydrogens is 338 g/mol. The Morgan fingerprint density at radius 2 is 1.86 bits per heavy atom. The molecule has 1 amide bonds. The number of halogens is 1. The quantitative estimate of drug-likeness (QED) is 0.523. The maximum absolute atomic E-state index is 11.8. The number of rotatable bonds is 4. The molecule has 0 aliphatic heterocycles. The molecule has 2 rings (SSSR count). The Labute approximate surface area is 128 Å². The zero-order valence-electron chi connectivity index (χ0n) is 10.7. The third-order valence-corrected chi connectivity index (χ3v) is 3.14. The third-order valence-electron chi connectivity index (χ3n) is 2.61. The van der Waals surface area contributed by atoms with Crippen molar-refractivity contribution >= 4 is 33.7 Å². The van der Waals surface area contributed by atoms with Gasteiger partial charge in [-0.2, -0.15) is 5.10 Å². The average molecular weight is 348 g/mol. The number of nitrogens with one attached hydrogen (secondary N) is 1. The minimum Gasteiger partial charge on any atom is -0.267 e. The molecule has 0 aromatic heterocycles. The summed E-state index contributed by atoms with van der Waals surface area (Å²) in [7, 11) is 0. The summed E-state index contributed by atoms with van der Waals surface area (Å²) in [5.74, 6) is -0.391. The first-order valence-electron chi connectivity index (χ1n) is 5.90. The number of amides is 1. The normalized spacial score (nSPS) is 10.5. The van der Waals surface area contributed by atoms with Crippen molar-refractivity contribution in [2.24, 2.45) is 5.10 Å². The first-order chi connectivity index (χ1) is 10.1. The van der Waals surface area contributed by atoms with Gasteiger partial charge in [-0.1, -0.05) is 28.1 Å². The molecule has 6 nitrogen and oxygen atoms in total. The Morgan fingerprint density at radius 3 is 2.52 bits per heavy atom. The van der Waals surface area contributed by atoms with Crippen molar-refractivity contribution in [2.75, 3.05) is 0 Å². The molecule has 0 aliphatic carbocycles. The SMILES string of the molecule is O=C(N/N=C/c1ccccc1[N+](=O)[O-])c1ccc(Br)cc1. The molecule has 2 aromatic rings. The number of nitro groups is 1. The number of para-hydroxylation sites is 1.